The number of hydrogen-bond donors (Lipinski definition) is 1. The van der Waals surface area contributed by atoms with Crippen molar-refractivity contribution in [1.82, 2.24) is 5.43 Å². The SMILES string of the molecule is CC(C)(C)CC(C)(C)c1ccc(OCC(=O)NN=Cc2ccccc2OC(=O)c2ccco2)cc1. The lowest BCUT2D eigenvalue weighted by molar-refractivity contribution is -0.123. The first-order valence-electron chi connectivity index (χ1n) is 11.4. The second-order valence-electron chi connectivity index (χ2n) is 10.1. The van der Waals surface area contributed by atoms with Gasteiger partial charge < -0.3 is 13.9 Å². The summed E-state index contributed by atoms with van der Waals surface area (Å²) in [6.45, 7) is 11.0. The molecular formula is C28H32N2O5. The van der Waals surface area contributed by atoms with Crippen LogP contribution < -0.4 is 14.9 Å². The number of amides is 1. The first-order chi connectivity index (χ1) is 16.5. The van der Waals surface area contributed by atoms with E-state index in [1.807, 2.05) is 24.3 Å². The first-order valence-corrected chi connectivity index (χ1v) is 11.4. The van der Waals surface area contributed by atoms with Gasteiger partial charge in [0.05, 0.1) is 12.5 Å². The van der Waals surface area contributed by atoms with E-state index in [2.05, 4.69) is 45.1 Å². The van der Waals surface area contributed by atoms with Gasteiger partial charge in [-0.2, -0.15) is 5.10 Å². The van der Waals surface area contributed by atoms with Gasteiger partial charge in [-0.15, -0.1) is 0 Å². The number of nitrogens with one attached hydrogen (secondary N) is 1. The first kappa shape index (κ1) is 25.7. The van der Waals surface area contributed by atoms with Crippen LogP contribution in [0.15, 0.2) is 76.4 Å². The van der Waals surface area contributed by atoms with Gasteiger partial charge in [0.2, 0.25) is 5.76 Å². The van der Waals surface area contributed by atoms with E-state index >= 15 is 0 Å². The Bertz CT molecular complexity index is 1160. The monoisotopic (exact) mass is 476 g/mol. The maximum atomic E-state index is 12.2. The van der Waals surface area contributed by atoms with E-state index in [0.29, 0.717) is 11.3 Å². The second kappa shape index (κ2) is 11.0. The van der Waals surface area contributed by atoms with E-state index in [4.69, 9.17) is 13.9 Å². The quantitative estimate of drug-likeness (QED) is 0.184. The Morgan fingerprint density at radius 1 is 0.971 bits per heavy atom. The van der Waals surface area contributed by atoms with Gasteiger partial charge in [0.15, 0.2) is 6.61 Å². The van der Waals surface area contributed by atoms with E-state index in [-0.39, 0.29) is 28.9 Å². The molecule has 7 nitrogen and oxygen atoms in total. The minimum atomic E-state index is -0.624. The highest BCUT2D eigenvalue weighted by Gasteiger charge is 2.27. The summed E-state index contributed by atoms with van der Waals surface area (Å²) in [5.74, 6) is -0.0511. The molecule has 7 heteroatoms. The molecule has 3 rings (SSSR count). The van der Waals surface area contributed by atoms with Gasteiger partial charge in [-0.25, -0.2) is 10.2 Å². The zero-order chi connectivity index (χ0) is 25.5. The molecule has 0 saturated heterocycles. The summed E-state index contributed by atoms with van der Waals surface area (Å²) >= 11 is 0. The maximum Gasteiger partial charge on any atom is 0.379 e. The number of para-hydroxylation sites is 1. The van der Waals surface area contributed by atoms with Crippen molar-refractivity contribution < 1.29 is 23.5 Å². The van der Waals surface area contributed by atoms with Crippen LogP contribution in [0.5, 0.6) is 11.5 Å². The molecule has 184 valence electrons. The molecule has 0 radical (unpaired) electrons. The predicted molar refractivity (Wildman–Crippen MR) is 135 cm³/mol. The third-order valence-electron chi connectivity index (χ3n) is 5.21. The van der Waals surface area contributed by atoms with Crippen LogP contribution in [0.2, 0.25) is 0 Å². The highest BCUT2D eigenvalue weighted by molar-refractivity contribution is 5.91. The smallest absolute Gasteiger partial charge is 0.379 e. The molecule has 0 bridgehead atoms. The van der Waals surface area contributed by atoms with Crippen molar-refractivity contribution in [2.75, 3.05) is 6.61 Å². The molecule has 1 aromatic heterocycles. The third-order valence-corrected chi connectivity index (χ3v) is 5.21. The Kier molecular flexibility index (Phi) is 8.12. The molecule has 0 aliphatic rings. The fraction of sp³-hybridized carbons (Fsp3) is 0.321. The minimum Gasteiger partial charge on any atom is -0.484 e. The zero-order valence-corrected chi connectivity index (χ0v) is 20.8. The number of nitrogens with zero attached hydrogens (tertiary/aromatic N) is 1. The highest BCUT2D eigenvalue weighted by atomic mass is 16.5. The van der Waals surface area contributed by atoms with Crippen molar-refractivity contribution in [3.8, 4) is 11.5 Å². The number of ether oxygens (including phenoxy) is 2. The summed E-state index contributed by atoms with van der Waals surface area (Å²) in [7, 11) is 0. The molecule has 0 spiro atoms. The lowest BCUT2D eigenvalue weighted by Gasteiger charge is -2.33. The zero-order valence-electron chi connectivity index (χ0n) is 20.8. The molecule has 35 heavy (non-hydrogen) atoms. The average Bonchev–Trinajstić information content (AvgIpc) is 3.33. The molecule has 0 fully saturated rings. The number of rotatable bonds is 9. The Hall–Kier alpha value is -3.87. The van der Waals surface area contributed by atoms with Crippen LogP contribution in [0.1, 0.15) is 62.7 Å². The fourth-order valence-corrected chi connectivity index (χ4v) is 4.01. The molecule has 0 aliphatic carbocycles. The molecule has 1 amide bonds. The number of furan rings is 1. The van der Waals surface area contributed by atoms with E-state index < -0.39 is 11.9 Å². The standard InChI is InChI=1S/C28H32N2O5/c1-27(2,3)19-28(4,5)21-12-14-22(15-13-21)34-18-25(31)30-29-17-20-9-6-7-10-23(20)35-26(32)24-11-8-16-33-24/h6-17H,18-19H2,1-5H3,(H,30,31). The Morgan fingerprint density at radius 2 is 1.69 bits per heavy atom. The van der Waals surface area contributed by atoms with Crippen molar-refractivity contribution in [3.05, 3.63) is 83.8 Å². The van der Waals surface area contributed by atoms with E-state index in [1.165, 1.54) is 24.1 Å². The van der Waals surface area contributed by atoms with Gasteiger partial charge in [0.1, 0.15) is 11.5 Å². The number of hydrogen-bond acceptors (Lipinski definition) is 6. The molecule has 3 aromatic rings. The number of hydrazone groups is 1. The van der Waals surface area contributed by atoms with Crippen LogP contribution >= 0.6 is 0 Å². The van der Waals surface area contributed by atoms with Gasteiger partial charge in [0, 0.05) is 5.56 Å². The summed E-state index contributed by atoms with van der Waals surface area (Å²) < 4.78 is 16.0. The minimum absolute atomic E-state index is 0.0332. The van der Waals surface area contributed by atoms with Gasteiger partial charge in [0.25, 0.3) is 5.91 Å². The van der Waals surface area contributed by atoms with Crippen LogP contribution in [0.4, 0.5) is 0 Å². The molecule has 2 aromatic carbocycles. The number of carbonyl (C=O) groups is 2. The molecular weight excluding hydrogens is 444 g/mol. The van der Waals surface area contributed by atoms with Gasteiger partial charge in [-0.3, -0.25) is 4.79 Å². The van der Waals surface area contributed by atoms with Crippen molar-refractivity contribution >= 4 is 18.1 Å². The average molecular weight is 477 g/mol. The van der Waals surface area contributed by atoms with E-state index in [9.17, 15) is 9.59 Å². The van der Waals surface area contributed by atoms with Crippen LogP contribution in [-0.2, 0) is 10.2 Å². The molecule has 0 saturated carbocycles. The molecule has 1 N–H and O–H groups in total. The Labute approximate surface area is 206 Å². The fourth-order valence-electron chi connectivity index (χ4n) is 4.01. The lowest BCUT2D eigenvalue weighted by atomic mass is 9.72. The lowest BCUT2D eigenvalue weighted by Crippen LogP contribution is -2.25. The largest absolute Gasteiger partial charge is 0.484 e. The third kappa shape index (κ3) is 7.84. The summed E-state index contributed by atoms with van der Waals surface area (Å²) in [4.78, 5) is 24.3. The second-order valence-corrected chi connectivity index (χ2v) is 10.1. The van der Waals surface area contributed by atoms with Crippen molar-refractivity contribution in [1.29, 1.82) is 0 Å². The molecule has 0 aliphatic heterocycles. The van der Waals surface area contributed by atoms with Crippen molar-refractivity contribution in [2.24, 2.45) is 10.5 Å². The van der Waals surface area contributed by atoms with Crippen LogP contribution in [-0.4, -0.2) is 24.7 Å². The molecule has 0 unspecified atom stereocenters. The normalized spacial score (nSPS) is 11.9. The van der Waals surface area contributed by atoms with E-state index in [0.717, 1.165) is 6.42 Å². The number of benzene rings is 2. The number of carbonyl (C=O) groups excluding carboxylic acids is 2. The predicted octanol–water partition coefficient (Wildman–Crippen LogP) is 5.74. The highest BCUT2D eigenvalue weighted by Crippen LogP contribution is 2.36. The van der Waals surface area contributed by atoms with Crippen molar-refractivity contribution in [2.45, 2.75) is 46.5 Å². The van der Waals surface area contributed by atoms with E-state index in [1.54, 1.807) is 30.3 Å². The van der Waals surface area contributed by atoms with Crippen LogP contribution in [0.3, 0.4) is 0 Å². The van der Waals surface area contributed by atoms with Crippen LogP contribution in [0.25, 0.3) is 0 Å². The summed E-state index contributed by atoms with van der Waals surface area (Å²) in [6, 6.07) is 17.8. The van der Waals surface area contributed by atoms with Gasteiger partial charge in [-0.1, -0.05) is 58.9 Å². The topological polar surface area (TPSA) is 90.1 Å². The van der Waals surface area contributed by atoms with Crippen LogP contribution in [0, 0.1) is 5.41 Å². The summed E-state index contributed by atoms with van der Waals surface area (Å²) in [6.07, 6.45) is 3.84. The van der Waals surface area contributed by atoms with Gasteiger partial charge in [-0.05, 0) is 59.2 Å². The van der Waals surface area contributed by atoms with Crippen molar-refractivity contribution in [3.63, 3.8) is 0 Å². The Balaban J connectivity index is 1.51. The summed E-state index contributed by atoms with van der Waals surface area (Å²) in [5.41, 5.74) is 4.41. The van der Waals surface area contributed by atoms with Gasteiger partial charge >= 0.3 is 5.97 Å². The Morgan fingerprint density at radius 3 is 2.34 bits per heavy atom. The molecule has 0 atom stereocenters. The summed E-state index contributed by atoms with van der Waals surface area (Å²) in [5, 5.41) is 3.95. The maximum absolute atomic E-state index is 12.2. The molecule has 1 heterocycles. The number of esters is 1.